The van der Waals surface area contributed by atoms with Crippen LogP contribution in [0.4, 0.5) is 0 Å². The van der Waals surface area contributed by atoms with E-state index in [1.807, 2.05) is 24.3 Å². The lowest BCUT2D eigenvalue weighted by atomic mass is 10.2. The van der Waals surface area contributed by atoms with Gasteiger partial charge in [0, 0.05) is 6.04 Å². The Kier molecular flexibility index (Phi) is 3.80. The molecular formula is C13H19NO2. The summed E-state index contributed by atoms with van der Waals surface area (Å²) in [4.78, 5) is 0. The molecule has 2 rings (SSSR count). The van der Waals surface area contributed by atoms with E-state index in [4.69, 9.17) is 15.2 Å². The van der Waals surface area contributed by atoms with Crippen LogP contribution >= 0.6 is 0 Å². The fourth-order valence-corrected chi connectivity index (χ4v) is 2.13. The summed E-state index contributed by atoms with van der Waals surface area (Å²) in [6.45, 7) is 0.621. The van der Waals surface area contributed by atoms with Gasteiger partial charge in [-0.3, -0.25) is 0 Å². The Hall–Kier alpha value is -1.06. The molecular weight excluding hydrogens is 202 g/mol. The van der Waals surface area contributed by atoms with Crippen molar-refractivity contribution in [2.45, 2.75) is 38.0 Å². The highest BCUT2D eigenvalue weighted by atomic mass is 16.5. The Morgan fingerprint density at radius 2 is 2.25 bits per heavy atom. The minimum Gasteiger partial charge on any atom is -0.497 e. The molecule has 16 heavy (non-hydrogen) atoms. The van der Waals surface area contributed by atoms with E-state index in [9.17, 15) is 0 Å². The van der Waals surface area contributed by atoms with E-state index in [0.717, 1.165) is 24.2 Å². The molecule has 1 aliphatic carbocycles. The molecule has 0 amide bonds. The lowest BCUT2D eigenvalue weighted by molar-refractivity contribution is 0.0356. The highest BCUT2D eigenvalue weighted by Crippen LogP contribution is 2.22. The normalized spacial score (nSPS) is 24.6. The van der Waals surface area contributed by atoms with Crippen LogP contribution in [0.5, 0.6) is 5.75 Å². The highest BCUT2D eigenvalue weighted by molar-refractivity contribution is 5.27. The first-order valence-corrected chi connectivity index (χ1v) is 5.79. The number of nitrogens with two attached hydrogens (primary N) is 1. The molecule has 3 heteroatoms. The number of hydrogen-bond donors (Lipinski definition) is 1. The van der Waals surface area contributed by atoms with Gasteiger partial charge in [-0.2, -0.15) is 0 Å². The Morgan fingerprint density at radius 1 is 1.38 bits per heavy atom. The lowest BCUT2D eigenvalue weighted by Gasteiger charge is -2.16. The SMILES string of the molecule is COc1cccc(CO[C@@H]2CCC[C@H]2N)c1. The summed E-state index contributed by atoms with van der Waals surface area (Å²) in [5.41, 5.74) is 7.09. The van der Waals surface area contributed by atoms with Gasteiger partial charge in [-0.15, -0.1) is 0 Å². The maximum absolute atomic E-state index is 5.95. The second kappa shape index (κ2) is 5.32. The summed E-state index contributed by atoms with van der Waals surface area (Å²) < 4.78 is 11.0. The van der Waals surface area contributed by atoms with Crippen molar-refractivity contribution in [1.29, 1.82) is 0 Å². The molecule has 0 aromatic heterocycles. The molecule has 0 radical (unpaired) electrons. The van der Waals surface area contributed by atoms with Crippen LogP contribution < -0.4 is 10.5 Å². The first kappa shape index (κ1) is 11.4. The van der Waals surface area contributed by atoms with Gasteiger partial charge >= 0.3 is 0 Å². The molecule has 1 saturated carbocycles. The van der Waals surface area contributed by atoms with Gasteiger partial charge in [0.2, 0.25) is 0 Å². The molecule has 1 aromatic carbocycles. The van der Waals surface area contributed by atoms with Gasteiger partial charge < -0.3 is 15.2 Å². The third kappa shape index (κ3) is 2.74. The van der Waals surface area contributed by atoms with E-state index >= 15 is 0 Å². The van der Waals surface area contributed by atoms with Gasteiger partial charge in [-0.25, -0.2) is 0 Å². The smallest absolute Gasteiger partial charge is 0.119 e. The Morgan fingerprint density at radius 3 is 2.94 bits per heavy atom. The number of benzene rings is 1. The summed E-state index contributed by atoms with van der Waals surface area (Å²) in [5, 5.41) is 0. The zero-order valence-electron chi connectivity index (χ0n) is 9.69. The molecule has 1 aliphatic rings. The molecule has 2 atom stereocenters. The van der Waals surface area contributed by atoms with Crippen LogP contribution in [0, 0.1) is 0 Å². The van der Waals surface area contributed by atoms with Crippen molar-refractivity contribution in [1.82, 2.24) is 0 Å². The topological polar surface area (TPSA) is 44.5 Å². The molecule has 1 aromatic rings. The van der Waals surface area contributed by atoms with Crippen LogP contribution in [-0.2, 0) is 11.3 Å². The van der Waals surface area contributed by atoms with Crippen molar-refractivity contribution in [3.63, 3.8) is 0 Å². The maximum Gasteiger partial charge on any atom is 0.119 e. The molecule has 1 fully saturated rings. The van der Waals surface area contributed by atoms with E-state index in [2.05, 4.69) is 0 Å². The maximum atomic E-state index is 5.95. The van der Waals surface area contributed by atoms with Crippen LogP contribution in [0.15, 0.2) is 24.3 Å². The van der Waals surface area contributed by atoms with Gasteiger partial charge in [0.1, 0.15) is 5.75 Å². The molecule has 88 valence electrons. The Labute approximate surface area is 96.5 Å². The van der Waals surface area contributed by atoms with Crippen molar-refractivity contribution < 1.29 is 9.47 Å². The van der Waals surface area contributed by atoms with Gasteiger partial charge in [0.05, 0.1) is 19.8 Å². The van der Waals surface area contributed by atoms with Gasteiger partial charge in [-0.1, -0.05) is 12.1 Å². The predicted octanol–water partition coefficient (Wildman–Crippen LogP) is 2.09. The number of methoxy groups -OCH3 is 1. The van der Waals surface area contributed by atoms with Crippen molar-refractivity contribution in [2.75, 3.05) is 7.11 Å². The van der Waals surface area contributed by atoms with E-state index < -0.39 is 0 Å². The molecule has 2 N–H and O–H groups in total. The van der Waals surface area contributed by atoms with Crippen LogP contribution in [0.1, 0.15) is 24.8 Å². The monoisotopic (exact) mass is 221 g/mol. The lowest BCUT2D eigenvalue weighted by Crippen LogP contribution is -2.31. The van der Waals surface area contributed by atoms with Crippen LogP contribution in [0.25, 0.3) is 0 Å². The molecule has 0 spiro atoms. The second-order valence-corrected chi connectivity index (χ2v) is 4.30. The summed E-state index contributed by atoms with van der Waals surface area (Å²) in [5.74, 6) is 0.872. The van der Waals surface area contributed by atoms with E-state index in [1.54, 1.807) is 7.11 Å². The number of rotatable bonds is 4. The largest absolute Gasteiger partial charge is 0.497 e. The molecule has 0 aliphatic heterocycles. The van der Waals surface area contributed by atoms with Crippen LogP contribution in [0.2, 0.25) is 0 Å². The Bertz CT molecular complexity index is 340. The molecule has 0 bridgehead atoms. The van der Waals surface area contributed by atoms with Crippen molar-refractivity contribution in [3.8, 4) is 5.75 Å². The predicted molar refractivity (Wildman–Crippen MR) is 63.4 cm³/mol. The standard InChI is InChI=1S/C13H19NO2/c1-15-11-5-2-4-10(8-11)9-16-13-7-3-6-12(13)14/h2,4-5,8,12-13H,3,6-7,9,14H2,1H3/t12-,13-/m1/s1. The van der Waals surface area contributed by atoms with Crippen molar-refractivity contribution >= 4 is 0 Å². The number of ether oxygens (including phenoxy) is 2. The Balaban J connectivity index is 1.88. The first-order chi connectivity index (χ1) is 7.79. The molecule has 3 nitrogen and oxygen atoms in total. The molecule has 0 heterocycles. The van der Waals surface area contributed by atoms with Crippen LogP contribution in [0.3, 0.4) is 0 Å². The summed E-state index contributed by atoms with van der Waals surface area (Å²) in [6, 6.07) is 8.17. The highest BCUT2D eigenvalue weighted by Gasteiger charge is 2.24. The quantitative estimate of drug-likeness (QED) is 0.846. The fourth-order valence-electron chi connectivity index (χ4n) is 2.13. The second-order valence-electron chi connectivity index (χ2n) is 4.30. The van der Waals surface area contributed by atoms with Gasteiger partial charge in [0.15, 0.2) is 0 Å². The zero-order chi connectivity index (χ0) is 11.4. The van der Waals surface area contributed by atoms with E-state index in [-0.39, 0.29) is 12.1 Å². The number of hydrogen-bond acceptors (Lipinski definition) is 3. The average molecular weight is 221 g/mol. The fraction of sp³-hybridized carbons (Fsp3) is 0.538. The zero-order valence-corrected chi connectivity index (χ0v) is 9.69. The first-order valence-electron chi connectivity index (χ1n) is 5.79. The van der Waals surface area contributed by atoms with E-state index in [0.29, 0.717) is 6.61 Å². The average Bonchev–Trinajstić information content (AvgIpc) is 2.72. The third-order valence-corrected chi connectivity index (χ3v) is 3.10. The summed E-state index contributed by atoms with van der Waals surface area (Å²) >= 11 is 0. The van der Waals surface area contributed by atoms with Crippen molar-refractivity contribution in [2.24, 2.45) is 5.73 Å². The summed E-state index contributed by atoms with van der Waals surface area (Å²) in [6.07, 6.45) is 3.59. The van der Waals surface area contributed by atoms with Gasteiger partial charge in [0.25, 0.3) is 0 Å². The van der Waals surface area contributed by atoms with Crippen molar-refractivity contribution in [3.05, 3.63) is 29.8 Å². The van der Waals surface area contributed by atoms with Gasteiger partial charge in [-0.05, 0) is 37.0 Å². The third-order valence-electron chi connectivity index (χ3n) is 3.10. The summed E-state index contributed by atoms with van der Waals surface area (Å²) in [7, 11) is 1.67. The molecule has 0 unspecified atom stereocenters. The molecule has 0 saturated heterocycles. The van der Waals surface area contributed by atoms with E-state index in [1.165, 1.54) is 6.42 Å². The van der Waals surface area contributed by atoms with Crippen LogP contribution in [-0.4, -0.2) is 19.3 Å². The minimum atomic E-state index is 0.214. The minimum absolute atomic E-state index is 0.214.